The van der Waals surface area contributed by atoms with Gasteiger partial charge in [0.15, 0.2) is 11.6 Å². The second-order valence-electron chi connectivity index (χ2n) is 5.21. The highest BCUT2D eigenvalue weighted by atomic mass is 32.1. The molecule has 1 atom stereocenters. The van der Waals surface area contributed by atoms with E-state index in [1.165, 1.54) is 6.07 Å². The Kier molecular flexibility index (Phi) is 4.67. The lowest BCUT2D eigenvalue weighted by Crippen LogP contribution is -2.11. The van der Waals surface area contributed by atoms with Gasteiger partial charge in [-0.05, 0) is 27.7 Å². The van der Waals surface area contributed by atoms with E-state index in [0.717, 1.165) is 9.88 Å². The summed E-state index contributed by atoms with van der Waals surface area (Å²) in [6.07, 6.45) is 1.73. The second-order valence-corrected chi connectivity index (χ2v) is 6.48. The number of thiazole rings is 1. The van der Waals surface area contributed by atoms with E-state index in [4.69, 9.17) is 10.5 Å². The van der Waals surface area contributed by atoms with Gasteiger partial charge in [0.25, 0.3) is 0 Å². The Bertz CT molecular complexity index is 627. The number of nitrogens with zero attached hydrogens (tertiary/aromatic N) is 1. The molecule has 114 valence electrons. The molecule has 21 heavy (non-hydrogen) atoms. The Morgan fingerprint density at radius 1 is 1.33 bits per heavy atom. The molecular formula is C15H20FN3OS. The molecule has 0 amide bonds. The molecule has 0 radical (unpaired) electrons. The fraction of sp³-hybridized carbons (Fsp3) is 0.400. The predicted molar refractivity (Wildman–Crippen MR) is 85.5 cm³/mol. The average Bonchev–Trinajstić information content (AvgIpc) is 2.81. The van der Waals surface area contributed by atoms with Crippen LogP contribution in [0.25, 0.3) is 0 Å². The van der Waals surface area contributed by atoms with Crippen molar-refractivity contribution in [3.63, 3.8) is 0 Å². The number of nitrogen functional groups attached to an aromatic ring is 1. The maximum atomic E-state index is 13.8. The van der Waals surface area contributed by atoms with Crippen molar-refractivity contribution in [3.05, 3.63) is 34.0 Å². The zero-order chi connectivity index (χ0) is 15.6. The number of aromatic nitrogens is 1. The SMILES string of the molecule is Cc1cnc(C(C)Nc2cc(OC(C)C)c(F)cc2N)s1. The van der Waals surface area contributed by atoms with Crippen LogP contribution in [-0.4, -0.2) is 11.1 Å². The number of nitrogens with one attached hydrogen (secondary N) is 1. The van der Waals surface area contributed by atoms with Crippen molar-refractivity contribution in [1.82, 2.24) is 4.98 Å². The topological polar surface area (TPSA) is 60.2 Å². The van der Waals surface area contributed by atoms with Crippen LogP contribution >= 0.6 is 11.3 Å². The van der Waals surface area contributed by atoms with Crippen molar-refractivity contribution >= 4 is 22.7 Å². The summed E-state index contributed by atoms with van der Waals surface area (Å²) in [5.41, 5.74) is 6.87. The van der Waals surface area contributed by atoms with E-state index in [0.29, 0.717) is 11.4 Å². The fourth-order valence-electron chi connectivity index (χ4n) is 1.91. The molecule has 4 nitrogen and oxygen atoms in total. The molecule has 3 N–H and O–H groups in total. The van der Waals surface area contributed by atoms with E-state index in [1.807, 2.05) is 33.9 Å². The molecule has 1 unspecified atom stereocenters. The fourth-order valence-corrected chi connectivity index (χ4v) is 2.68. The first-order valence-electron chi connectivity index (χ1n) is 6.81. The van der Waals surface area contributed by atoms with Gasteiger partial charge in [0.2, 0.25) is 0 Å². The maximum Gasteiger partial charge on any atom is 0.167 e. The minimum Gasteiger partial charge on any atom is -0.488 e. The van der Waals surface area contributed by atoms with Crippen LogP contribution in [0.1, 0.15) is 36.7 Å². The first kappa shape index (κ1) is 15.6. The summed E-state index contributed by atoms with van der Waals surface area (Å²) in [5, 5.41) is 4.22. The highest BCUT2D eigenvalue weighted by molar-refractivity contribution is 7.11. The third kappa shape index (κ3) is 3.85. The van der Waals surface area contributed by atoms with E-state index in [2.05, 4.69) is 10.3 Å². The van der Waals surface area contributed by atoms with Crippen LogP contribution < -0.4 is 15.8 Å². The Hall–Kier alpha value is -1.82. The van der Waals surface area contributed by atoms with Crippen LogP contribution in [0.4, 0.5) is 15.8 Å². The minimum absolute atomic E-state index is 0.0108. The summed E-state index contributed by atoms with van der Waals surface area (Å²) in [6.45, 7) is 7.70. The molecule has 2 rings (SSSR count). The van der Waals surface area contributed by atoms with E-state index < -0.39 is 5.82 Å². The molecule has 0 aliphatic rings. The molecule has 0 saturated carbocycles. The van der Waals surface area contributed by atoms with Crippen molar-refractivity contribution in [2.24, 2.45) is 0 Å². The summed E-state index contributed by atoms with van der Waals surface area (Å²) in [4.78, 5) is 5.49. The molecular weight excluding hydrogens is 289 g/mol. The average molecular weight is 309 g/mol. The Labute approximate surface area is 128 Å². The third-order valence-electron chi connectivity index (χ3n) is 2.85. The summed E-state index contributed by atoms with van der Waals surface area (Å²) in [5.74, 6) is -0.256. The number of halogens is 1. The van der Waals surface area contributed by atoms with Gasteiger partial charge in [-0.2, -0.15) is 0 Å². The maximum absolute atomic E-state index is 13.8. The summed E-state index contributed by atoms with van der Waals surface area (Å²) in [7, 11) is 0. The summed E-state index contributed by atoms with van der Waals surface area (Å²) < 4.78 is 19.3. The number of hydrogen-bond acceptors (Lipinski definition) is 5. The van der Waals surface area contributed by atoms with Crippen molar-refractivity contribution in [2.75, 3.05) is 11.1 Å². The van der Waals surface area contributed by atoms with Crippen LogP contribution in [-0.2, 0) is 0 Å². The summed E-state index contributed by atoms with van der Waals surface area (Å²) >= 11 is 1.62. The normalized spacial score (nSPS) is 12.5. The molecule has 6 heteroatoms. The van der Waals surface area contributed by atoms with Gasteiger partial charge >= 0.3 is 0 Å². The van der Waals surface area contributed by atoms with Crippen molar-refractivity contribution in [1.29, 1.82) is 0 Å². The lowest BCUT2D eigenvalue weighted by atomic mass is 10.2. The molecule has 0 aliphatic heterocycles. The van der Waals surface area contributed by atoms with Crippen LogP contribution in [0.2, 0.25) is 0 Å². The Balaban J connectivity index is 2.22. The third-order valence-corrected chi connectivity index (χ3v) is 3.94. The van der Waals surface area contributed by atoms with Crippen molar-refractivity contribution < 1.29 is 9.13 Å². The summed E-state index contributed by atoms with van der Waals surface area (Å²) in [6, 6.07) is 2.87. The molecule has 1 aromatic carbocycles. The first-order chi connectivity index (χ1) is 9.86. The molecule has 0 saturated heterocycles. The zero-order valence-corrected chi connectivity index (χ0v) is 13.4. The van der Waals surface area contributed by atoms with E-state index >= 15 is 0 Å². The van der Waals surface area contributed by atoms with Crippen LogP contribution in [0, 0.1) is 12.7 Å². The predicted octanol–water partition coefficient (Wildman–Crippen LogP) is 4.13. The Morgan fingerprint density at radius 2 is 2.05 bits per heavy atom. The van der Waals surface area contributed by atoms with Gasteiger partial charge in [-0.3, -0.25) is 0 Å². The lowest BCUT2D eigenvalue weighted by Gasteiger charge is -2.17. The highest BCUT2D eigenvalue weighted by Crippen LogP contribution is 2.32. The van der Waals surface area contributed by atoms with Gasteiger partial charge in [-0.25, -0.2) is 9.37 Å². The van der Waals surface area contributed by atoms with Crippen LogP contribution in [0.15, 0.2) is 18.3 Å². The monoisotopic (exact) mass is 309 g/mol. The molecule has 0 fully saturated rings. The minimum atomic E-state index is -0.454. The number of rotatable bonds is 5. The number of hydrogen-bond donors (Lipinski definition) is 2. The van der Waals surface area contributed by atoms with Gasteiger partial charge in [-0.15, -0.1) is 11.3 Å². The standard InChI is InChI=1S/C15H20FN3OS/c1-8(2)20-14-6-13(12(17)5-11(14)16)19-10(4)15-18-7-9(3)21-15/h5-8,10,19H,17H2,1-4H3. The second kappa shape index (κ2) is 6.30. The largest absolute Gasteiger partial charge is 0.488 e. The highest BCUT2D eigenvalue weighted by Gasteiger charge is 2.14. The smallest absolute Gasteiger partial charge is 0.167 e. The van der Waals surface area contributed by atoms with Crippen molar-refractivity contribution in [2.45, 2.75) is 39.8 Å². The van der Waals surface area contributed by atoms with Gasteiger partial charge in [0, 0.05) is 23.2 Å². The van der Waals surface area contributed by atoms with Crippen LogP contribution in [0.3, 0.4) is 0 Å². The van der Waals surface area contributed by atoms with E-state index in [1.54, 1.807) is 17.4 Å². The zero-order valence-electron chi connectivity index (χ0n) is 12.6. The number of nitrogens with two attached hydrogens (primary N) is 1. The lowest BCUT2D eigenvalue weighted by molar-refractivity contribution is 0.231. The van der Waals surface area contributed by atoms with E-state index in [9.17, 15) is 4.39 Å². The Morgan fingerprint density at radius 3 is 2.62 bits per heavy atom. The number of anilines is 2. The molecule has 0 aliphatic carbocycles. The number of benzene rings is 1. The molecule has 1 heterocycles. The molecule has 0 spiro atoms. The van der Waals surface area contributed by atoms with Crippen molar-refractivity contribution in [3.8, 4) is 5.75 Å². The number of aryl methyl sites for hydroxylation is 1. The van der Waals surface area contributed by atoms with Gasteiger partial charge in [-0.1, -0.05) is 0 Å². The molecule has 1 aromatic heterocycles. The quantitative estimate of drug-likeness (QED) is 0.815. The van der Waals surface area contributed by atoms with E-state index in [-0.39, 0.29) is 17.9 Å². The number of ether oxygens (including phenoxy) is 1. The van der Waals surface area contributed by atoms with Gasteiger partial charge in [0.1, 0.15) is 5.01 Å². The molecule has 2 aromatic rings. The van der Waals surface area contributed by atoms with Gasteiger partial charge < -0.3 is 15.8 Å². The van der Waals surface area contributed by atoms with Crippen LogP contribution in [0.5, 0.6) is 5.75 Å². The first-order valence-corrected chi connectivity index (χ1v) is 7.63. The van der Waals surface area contributed by atoms with Gasteiger partial charge in [0.05, 0.1) is 23.5 Å². The molecule has 0 bridgehead atoms.